The first-order valence-corrected chi connectivity index (χ1v) is 6.22. The second-order valence-electron chi connectivity index (χ2n) is 4.51. The highest BCUT2D eigenvalue weighted by molar-refractivity contribution is 5.39. The summed E-state index contributed by atoms with van der Waals surface area (Å²) in [6.07, 6.45) is -3.02. The van der Waals surface area contributed by atoms with Gasteiger partial charge in [-0.05, 0) is 24.7 Å². The maximum Gasteiger partial charge on any atom is 0.419 e. The second-order valence-corrected chi connectivity index (χ2v) is 4.51. The molecule has 1 aromatic heterocycles. The second kappa shape index (κ2) is 6.13. The first-order chi connectivity index (χ1) is 9.91. The summed E-state index contributed by atoms with van der Waals surface area (Å²) >= 11 is 0. The van der Waals surface area contributed by atoms with E-state index in [9.17, 15) is 13.2 Å². The maximum absolute atomic E-state index is 13.1. The minimum atomic E-state index is -4.47. The lowest BCUT2D eigenvalue weighted by Gasteiger charge is -2.15. The molecule has 0 fully saturated rings. The van der Waals surface area contributed by atoms with E-state index < -0.39 is 11.7 Å². The van der Waals surface area contributed by atoms with Gasteiger partial charge in [-0.2, -0.15) is 13.2 Å². The van der Waals surface area contributed by atoms with Crippen molar-refractivity contribution in [2.45, 2.75) is 19.3 Å². The lowest BCUT2D eigenvalue weighted by atomic mass is 10.1. The Labute approximate surface area is 119 Å². The molecule has 0 spiro atoms. The third kappa shape index (κ3) is 3.72. The predicted molar refractivity (Wildman–Crippen MR) is 69.5 cm³/mol. The molecule has 0 aliphatic rings. The van der Waals surface area contributed by atoms with Crippen LogP contribution in [0.2, 0.25) is 0 Å². The zero-order chi connectivity index (χ0) is 15.5. The van der Waals surface area contributed by atoms with E-state index in [0.717, 1.165) is 6.07 Å². The summed E-state index contributed by atoms with van der Waals surface area (Å²) in [5.41, 5.74) is -0.256. The van der Waals surface area contributed by atoms with Gasteiger partial charge in [0.05, 0.1) is 5.56 Å². The molecule has 0 amide bonds. The van der Waals surface area contributed by atoms with Crippen LogP contribution in [0.5, 0.6) is 5.75 Å². The number of aromatic nitrogens is 3. The van der Waals surface area contributed by atoms with E-state index in [0.29, 0.717) is 17.9 Å². The van der Waals surface area contributed by atoms with Gasteiger partial charge in [-0.3, -0.25) is 0 Å². The molecule has 1 heterocycles. The van der Waals surface area contributed by atoms with E-state index in [1.54, 1.807) is 24.7 Å². The minimum absolute atomic E-state index is 0.0784. The number of rotatable bonds is 5. The summed E-state index contributed by atoms with van der Waals surface area (Å²) in [6, 6.07) is 4.01. The lowest BCUT2D eigenvalue weighted by molar-refractivity contribution is -0.139. The number of halogens is 3. The Morgan fingerprint density at radius 3 is 2.67 bits per heavy atom. The molecule has 0 saturated heterocycles. The molecule has 0 unspecified atom stereocenters. The van der Waals surface area contributed by atoms with Gasteiger partial charge in [0.1, 0.15) is 18.7 Å². The Morgan fingerprint density at radius 2 is 2.10 bits per heavy atom. The van der Waals surface area contributed by atoms with Crippen LogP contribution in [0.15, 0.2) is 24.5 Å². The zero-order valence-electron chi connectivity index (χ0n) is 11.6. The van der Waals surface area contributed by atoms with Crippen LogP contribution in [-0.2, 0) is 26.4 Å². The molecule has 0 saturated carbocycles. The summed E-state index contributed by atoms with van der Waals surface area (Å²) in [5.74, 6) is 0.229. The predicted octanol–water partition coefficient (Wildman–Crippen LogP) is 2.13. The smallest absolute Gasteiger partial charge is 0.419 e. The molecular formula is C13H15F3N4O. The Bertz CT molecular complexity index is 610. The molecule has 0 radical (unpaired) electrons. The van der Waals surface area contributed by atoms with Crippen LogP contribution in [0.25, 0.3) is 0 Å². The summed E-state index contributed by atoms with van der Waals surface area (Å²) in [5, 5.41) is 10.2. The molecule has 114 valence electrons. The van der Waals surface area contributed by atoms with E-state index in [4.69, 9.17) is 4.74 Å². The Morgan fingerprint density at radius 1 is 1.33 bits per heavy atom. The van der Waals surface area contributed by atoms with Gasteiger partial charge >= 0.3 is 6.18 Å². The molecular weight excluding hydrogens is 285 g/mol. The molecule has 0 atom stereocenters. The first kappa shape index (κ1) is 15.3. The molecule has 0 aliphatic heterocycles. The first-order valence-electron chi connectivity index (χ1n) is 6.22. The zero-order valence-corrected chi connectivity index (χ0v) is 11.6. The SMILES string of the molecule is CNCc1ccc(OCc2nncn2C)c(C(F)(F)F)c1. The van der Waals surface area contributed by atoms with Crippen LogP contribution >= 0.6 is 0 Å². The number of hydrogen-bond acceptors (Lipinski definition) is 4. The molecule has 2 aromatic rings. The Balaban J connectivity index is 2.23. The number of benzene rings is 1. The van der Waals surface area contributed by atoms with Gasteiger partial charge in [-0.15, -0.1) is 10.2 Å². The molecule has 2 rings (SSSR count). The number of aryl methyl sites for hydroxylation is 1. The summed E-state index contributed by atoms with van der Waals surface area (Å²) < 4.78 is 46.1. The highest BCUT2D eigenvalue weighted by Crippen LogP contribution is 2.37. The average molecular weight is 300 g/mol. The standard InChI is InChI=1S/C13H15F3N4O/c1-17-6-9-3-4-11(10(5-9)13(14,15)16)21-7-12-19-18-8-20(12)2/h3-5,8,17H,6-7H2,1-2H3. The number of nitrogens with one attached hydrogen (secondary N) is 1. The van der Waals surface area contributed by atoms with Gasteiger partial charge in [0.15, 0.2) is 5.82 Å². The van der Waals surface area contributed by atoms with Gasteiger partial charge in [0.2, 0.25) is 0 Å². The van der Waals surface area contributed by atoms with Crippen molar-refractivity contribution in [2.75, 3.05) is 7.05 Å². The quantitative estimate of drug-likeness (QED) is 0.919. The van der Waals surface area contributed by atoms with Crippen molar-refractivity contribution >= 4 is 0 Å². The van der Waals surface area contributed by atoms with Crippen molar-refractivity contribution < 1.29 is 17.9 Å². The maximum atomic E-state index is 13.1. The van der Waals surface area contributed by atoms with Crippen LogP contribution in [0.1, 0.15) is 17.0 Å². The van der Waals surface area contributed by atoms with E-state index in [-0.39, 0.29) is 12.4 Å². The van der Waals surface area contributed by atoms with E-state index >= 15 is 0 Å². The number of ether oxygens (including phenoxy) is 1. The average Bonchev–Trinajstić information content (AvgIpc) is 2.82. The fraction of sp³-hybridized carbons (Fsp3) is 0.385. The van der Waals surface area contributed by atoms with Gasteiger partial charge in [0, 0.05) is 13.6 Å². The fourth-order valence-corrected chi connectivity index (χ4v) is 1.82. The molecule has 0 bridgehead atoms. The molecule has 8 heteroatoms. The molecule has 1 aromatic carbocycles. The summed E-state index contributed by atoms with van der Waals surface area (Å²) in [6.45, 7) is 0.275. The van der Waals surface area contributed by atoms with Gasteiger partial charge < -0.3 is 14.6 Å². The van der Waals surface area contributed by atoms with E-state index in [1.165, 1.54) is 12.4 Å². The van der Waals surface area contributed by atoms with E-state index in [1.807, 2.05) is 0 Å². The highest BCUT2D eigenvalue weighted by Gasteiger charge is 2.34. The normalized spacial score (nSPS) is 11.7. The minimum Gasteiger partial charge on any atom is -0.485 e. The summed E-state index contributed by atoms with van der Waals surface area (Å²) in [7, 11) is 3.37. The highest BCUT2D eigenvalue weighted by atomic mass is 19.4. The Hall–Kier alpha value is -2.09. The van der Waals surface area contributed by atoms with Crippen molar-refractivity contribution in [1.29, 1.82) is 0 Å². The van der Waals surface area contributed by atoms with Crippen LogP contribution in [-0.4, -0.2) is 21.8 Å². The third-order valence-corrected chi connectivity index (χ3v) is 2.89. The van der Waals surface area contributed by atoms with Gasteiger partial charge in [-0.1, -0.05) is 6.07 Å². The monoisotopic (exact) mass is 300 g/mol. The summed E-state index contributed by atoms with van der Waals surface area (Å²) in [4.78, 5) is 0. The van der Waals surface area contributed by atoms with Crippen molar-refractivity contribution in [3.8, 4) is 5.75 Å². The van der Waals surface area contributed by atoms with Crippen molar-refractivity contribution in [3.05, 3.63) is 41.5 Å². The van der Waals surface area contributed by atoms with Crippen LogP contribution in [0, 0.1) is 0 Å². The lowest BCUT2D eigenvalue weighted by Crippen LogP contribution is -2.12. The van der Waals surface area contributed by atoms with Gasteiger partial charge in [0.25, 0.3) is 0 Å². The topological polar surface area (TPSA) is 52.0 Å². The molecule has 0 aliphatic carbocycles. The molecule has 21 heavy (non-hydrogen) atoms. The van der Waals surface area contributed by atoms with Crippen LogP contribution in [0.4, 0.5) is 13.2 Å². The van der Waals surface area contributed by atoms with Crippen molar-refractivity contribution in [3.63, 3.8) is 0 Å². The van der Waals surface area contributed by atoms with Crippen molar-refractivity contribution in [2.24, 2.45) is 7.05 Å². The number of nitrogens with zero attached hydrogens (tertiary/aromatic N) is 3. The number of alkyl halides is 3. The van der Waals surface area contributed by atoms with Crippen LogP contribution < -0.4 is 10.1 Å². The van der Waals surface area contributed by atoms with Crippen molar-refractivity contribution in [1.82, 2.24) is 20.1 Å². The van der Waals surface area contributed by atoms with E-state index in [2.05, 4.69) is 15.5 Å². The largest absolute Gasteiger partial charge is 0.485 e. The third-order valence-electron chi connectivity index (χ3n) is 2.89. The Kier molecular flexibility index (Phi) is 4.46. The molecule has 5 nitrogen and oxygen atoms in total. The molecule has 1 N–H and O–H groups in total. The fourth-order valence-electron chi connectivity index (χ4n) is 1.82. The number of hydrogen-bond donors (Lipinski definition) is 1. The van der Waals surface area contributed by atoms with Gasteiger partial charge in [-0.25, -0.2) is 0 Å². The van der Waals surface area contributed by atoms with Crippen LogP contribution in [0.3, 0.4) is 0 Å².